The molecule has 0 bridgehead atoms. The molecule has 29 heavy (non-hydrogen) atoms. The van der Waals surface area contributed by atoms with Crippen molar-refractivity contribution in [3.63, 3.8) is 0 Å². The van der Waals surface area contributed by atoms with Crippen molar-refractivity contribution in [2.75, 3.05) is 0 Å². The van der Waals surface area contributed by atoms with Gasteiger partial charge in [-0.3, -0.25) is 0 Å². The van der Waals surface area contributed by atoms with Gasteiger partial charge in [-0.15, -0.1) is 0 Å². The Bertz CT molecular complexity index is 1070. The third kappa shape index (κ3) is 3.84. The van der Waals surface area contributed by atoms with Crippen LogP contribution in [0.5, 0.6) is 17.2 Å². The van der Waals surface area contributed by atoms with Crippen LogP contribution in [0.2, 0.25) is 0 Å². The van der Waals surface area contributed by atoms with Gasteiger partial charge in [0.25, 0.3) is 0 Å². The van der Waals surface area contributed by atoms with Crippen LogP contribution in [0, 0.1) is 25.7 Å². The smallest absolute Gasteiger partial charge is 0.127 e. The lowest BCUT2D eigenvalue weighted by molar-refractivity contribution is 0.390. The Morgan fingerprint density at radius 3 is 1.69 bits per heavy atom. The van der Waals surface area contributed by atoms with Gasteiger partial charge >= 0.3 is 0 Å². The molecule has 144 valence electrons. The molecule has 0 aliphatic heterocycles. The van der Waals surface area contributed by atoms with Crippen molar-refractivity contribution < 1.29 is 9.47 Å². The maximum Gasteiger partial charge on any atom is 0.127 e. The topological polar surface area (TPSA) is 18.5 Å². The number of benzene rings is 3. The molecule has 2 atom stereocenters. The Balaban J connectivity index is 1.30. The van der Waals surface area contributed by atoms with Crippen molar-refractivity contribution in [3.05, 3.63) is 107 Å². The van der Waals surface area contributed by atoms with Crippen LogP contribution in [0.4, 0.5) is 0 Å². The molecule has 0 heterocycles. The van der Waals surface area contributed by atoms with E-state index in [1.54, 1.807) is 0 Å². The normalized spacial score (nSPS) is 19.7. The maximum absolute atomic E-state index is 6.14. The molecule has 5 rings (SSSR count). The van der Waals surface area contributed by atoms with Crippen LogP contribution < -0.4 is 9.47 Å². The molecule has 3 aromatic rings. The standard InChI is InChI=1S/C27H24O2/c1-18-3-9-21(10-4-18)28-22-13-7-20(8-14-22)24-15-16-27(26-17-25(24)26)29-23-11-5-19(2)6-12-23/h3-16,25-26H,17H2,1-2H3. The first-order valence-electron chi connectivity index (χ1n) is 10.2. The molecule has 2 aliphatic carbocycles. The van der Waals surface area contributed by atoms with Crippen molar-refractivity contribution in [2.45, 2.75) is 20.3 Å². The molecular weight excluding hydrogens is 356 g/mol. The minimum absolute atomic E-state index is 0.500. The van der Waals surface area contributed by atoms with E-state index in [1.807, 2.05) is 24.3 Å². The van der Waals surface area contributed by atoms with Gasteiger partial charge in [-0.1, -0.05) is 53.6 Å². The van der Waals surface area contributed by atoms with Crippen LogP contribution in [0.25, 0.3) is 5.57 Å². The largest absolute Gasteiger partial charge is 0.461 e. The fourth-order valence-electron chi connectivity index (χ4n) is 3.89. The lowest BCUT2D eigenvalue weighted by Crippen LogP contribution is -2.04. The summed E-state index contributed by atoms with van der Waals surface area (Å²) >= 11 is 0. The molecule has 2 heteroatoms. The Morgan fingerprint density at radius 2 is 1.10 bits per heavy atom. The molecule has 3 aromatic carbocycles. The average Bonchev–Trinajstić information content (AvgIpc) is 3.54. The highest BCUT2D eigenvalue weighted by molar-refractivity contribution is 5.74. The van der Waals surface area contributed by atoms with Crippen LogP contribution in [0.3, 0.4) is 0 Å². The number of aryl methyl sites for hydroxylation is 2. The number of fused-ring (bicyclic) bond motifs is 1. The number of allylic oxidation sites excluding steroid dienone is 4. The third-order valence-corrected chi connectivity index (χ3v) is 5.68. The van der Waals surface area contributed by atoms with E-state index in [0.717, 1.165) is 29.4 Å². The molecule has 0 aromatic heterocycles. The summed E-state index contributed by atoms with van der Waals surface area (Å²) in [5.74, 6) is 4.79. The molecule has 2 nitrogen and oxygen atoms in total. The molecular formula is C27H24O2. The van der Waals surface area contributed by atoms with E-state index in [4.69, 9.17) is 9.47 Å². The van der Waals surface area contributed by atoms with Gasteiger partial charge in [-0.2, -0.15) is 0 Å². The Kier molecular flexibility index (Phi) is 4.48. The fraction of sp³-hybridized carbons (Fsp3) is 0.185. The van der Waals surface area contributed by atoms with Gasteiger partial charge < -0.3 is 9.47 Å². The zero-order chi connectivity index (χ0) is 19.8. The molecule has 0 spiro atoms. The summed E-state index contributed by atoms with van der Waals surface area (Å²) in [5, 5.41) is 0. The second-order valence-corrected chi connectivity index (χ2v) is 7.99. The maximum atomic E-state index is 6.14. The van der Waals surface area contributed by atoms with Gasteiger partial charge in [0.15, 0.2) is 0 Å². The Labute approximate surface area is 172 Å². The first-order chi connectivity index (χ1) is 14.2. The highest BCUT2D eigenvalue weighted by Crippen LogP contribution is 2.54. The van der Waals surface area contributed by atoms with E-state index in [9.17, 15) is 0 Å². The molecule has 1 saturated carbocycles. The zero-order valence-corrected chi connectivity index (χ0v) is 16.8. The Hall–Kier alpha value is -3.26. The van der Waals surface area contributed by atoms with Gasteiger partial charge in [0.05, 0.1) is 0 Å². The number of hydrogen-bond donors (Lipinski definition) is 0. The van der Waals surface area contributed by atoms with E-state index in [0.29, 0.717) is 11.8 Å². The van der Waals surface area contributed by atoms with Gasteiger partial charge in [-0.25, -0.2) is 0 Å². The average molecular weight is 380 g/mol. The summed E-state index contributed by atoms with van der Waals surface area (Å²) in [6, 6.07) is 24.8. The van der Waals surface area contributed by atoms with Gasteiger partial charge in [0.2, 0.25) is 0 Å². The highest BCUT2D eigenvalue weighted by atomic mass is 16.5. The predicted molar refractivity (Wildman–Crippen MR) is 117 cm³/mol. The first kappa shape index (κ1) is 17.8. The minimum atomic E-state index is 0.500. The van der Waals surface area contributed by atoms with Crippen molar-refractivity contribution in [1.29, 1.82) is 0 Å². The second-order valence-electron chi connectivity index (χ2n) is 7.99. The van der Waals surface area contributed by atoms with Gasteiger partial charge in [0.1, 0.15) is 23.0 Å². The Morgan fingerprint density at radius 1 is 0.586 bits per heavy atom. The number of rotatable bonds is 5. The number of hydrogen-bond acceptors (Lipinski definition) is 2. The summed E-state index contributed by atoms with van der Waals surface area (Å²) in [4.78, 5) is 0. The summed E-state index contributed by atoms with van der Waals surface area (Å²) < 4.78 is 12.1. The van der Waals surface area contributed by atoms with E-state index in [1.165, 1.54) is 22.3 Å². The molecule has 2 unspecified atom stereocenters. The monoisotopic (exact) mass is 380 g/mol. The minimum Gasteiger partial charge on any atom is -0.461 e. The van der Waals surface area contributed by atoms with Crippen LogP contribution in [0.1, 0.15) is 23.1 Å². The molecule has 1 fully saturated rings. The fourth-order valence-corrected chi connectivity index (χ4v) is 3.89. The van der Waals surface area contributed by atoms with E-state index < -0.39 is 0 Å². The molecule has 2 aliphatic rings. The first-order valence-corrected chi connectivity index (χ1v) is 10.2. The van der Waals surface area contributed by atoms with Crippen LogP contribution in [-0.4, -0.2) is 0 Å². The van der Waals surface area contributed by atoms with Crippen molar-refractivity contribution >= 4 is 5.57 Å². The molecule has 0 amide bonds. The van der Waals surface area contributed by atoms with Crippen LogP contribution >= 0.6 is 0 Å². The third-order valence-electron chi connectivity index (χ3n) is 5.68. The summed E-state index contributed by atoms with van der Waals surface area (Å²) in [6.07, 6.45) is 5.51. The second kappa shape index (κ2) is 7.29. The van der Waals surface area contributed by atoms with Gasteiger partial charge in [0, 0.05) is 5.92 Å². The summed E-state index contributed by atoms with van der Waals surface area (Å²) in [6.45, 7) is 4.17. The lowest BCUT2D eigenvalue weighted by Gasteiger charge is -2.16. The van der Waals surface area contributed by atoms with Gasteiger partial charge in [-0.05, 0) is 79.8 Å². The quantitative estimate of drug-likeness (QED) is 0.470. The van der Waals surface area contributed by atoms with Crippen molar-refractivity contribution in [3.8, 4) is 17.2 Å². The van der Waals surface area contributed by atoms with Crippen molar-refractivity contribution in [2.24, 2.45) is 11.8 Å². The zero-order valence-electron chi connectivity index (χ0n) is 16.8. The SMILES string of the molecule is Cc1ccc(OC2=CC=C(c3ccc(Oc4ccc(C)cc4)cc3)C3CC23)cc1. The van der Waals surface area contributed by atoms with Crippen LogP contribution in [-0.2, 0) is 0 Å². The predicted octanol–water partition coefficient (Wildman–Crippen LogP) is 7.09. The molecule has 0 N–H and O–H groups in total. The molecule has 0 saturated heterocycles. The number of ether oxygens (including phenoxy) is 2. The van der Waals surface area contributed by atoms with Crippen molar-refractivity contribution in [1.82, 2.24) is 0 Å². The highest BCUT2D eigenvalue weighted by Gasteiger charge is 2.45. The van der Waals surface area contributed by atoms with E-state index >= 15 is 0 Å². The summed E-state index contributed by atoms with van der Waals surface area (Å²) in [7, 11) is 0. The summed E-state index contributed by atoms with van der Waals surface area (Å²) in [5.41, 5.74) is 5.14. The molecule has 0 radical (unpaired) electrons. The van der Waals surface area contributed by atoms with E-state index in [2.05, 4.69) is 74.5 Å². The lowest BCUT2D eigenvalue weighted by atomic mass is 9.96. The van der Waals surface area contributed by atoms with E-state index in [-0.39, 0.29) is 0 Å². The van der Waals surface area contributed by atoms with Crippen LogP contribution in [0.15, 0.2) is 90.7 Å².